The van der Waals surface area contributed by atoms with Gasteiger partial charge in [0.1, 0.15) is 11.8 Å². The Labute approximate surface area is 270 Å². The van der Waals surface area contributed by atoms with Crippen LogP contribution in [0.4, 0.5) is 5.69 Å². The summed E-state index contributed by atoms with van der Waals surface area (Å²) in [6.45, 7) is 2.14. The lowest BCUT2D eigenvalue weighted by atomic mass is 9.82. The van der Waals surface area contributed by atoms with Crippen LogP contribution in [0.15, 0.2) is 36.4 Å². The maximum Gasteiger partial charge on any atom is 0.337 e. The van der Waals surface area contributed by atoms with E-state index in [4.69, 9.17) is 0 Å². The minimum absolute atomic E-state index is 0.231. The zero-order chi connectivity index (χ0) is 34.8. The third-order valence-corrected chi connectivity index (χ3v) is 7.97. The molecule has 0 aliphatic heterocycles. The number of allylic oxidation sites excluding steroid dienone is 1. The molecule has 1 rings (SSSR count). The van der Waals surface area contributed by atoms with E-state index in [0.29, 0.717) is 31.2 Å². The van der Waals surface area contributed by atoms with E-state index in [1.54, 1.807) is 0 Å². The van der Waals surface area contributed by atoms with Crippen molar-refractivity contribution in [1.82, 2.24) is 5.32 Å². The summed E-state index contributed by atoms with van der Waals surface area (Å²) in [6, 6.07) is 4.09. The number of Topliss-reactive ketones (excluding diaryl/α,β-unsaturated/α-hetero) is 1. The fourth-order valence-electron chi connectivity index (χ4n) is 4.85. The first kappa shape index (κ1) is 40.2. The largest absolute Gasteiger partial charge is 0.481 e. The van der Waals surface area contributed by atoms with Crippen molar-refractivity contribution in [2.24, 2.45) is 5.92 Å². The maximum atomic E-state index is 13.2. The summed E-state index contributed by atoms with van der Waals surface area (Å²) in [5, 5.41) is 41.8. The highest BCUT2D eigenvalue weighted by atomic mass is 32.2. The molecule has 3 atom stereocenters. The summed E-state index contributed by atoms with van der Waals surface area (Å²) < 4.78 is 25.1. The van der Waals surface area contributed by atoms with Gasteiger partial charge in [-0.3, -0.25) is 19.1 Å². The molecule has 13 nitrogen and oxygen atoms in total. The highest BCUT2D eigenvalue weighted by Gasteiger charge is 2.49. The molecule has 0 saturated carbocycles. The molecule has 0 aliphatic carbocycles. The van der Waals surface area contributed by atoms with Crippen LogP contribution in [0.2, 0.25) is 0 Å². The number of rotatable bonds is 25. The molecule has 6 N–H and O–H groups in total. The number of hydrogen-bond acceptors (Lipinski definition) is 8. The summed E-state index contributed by atoms with van der Waals surface area (Å²) in [7, 11) is -3.54. The van der Waals surface area contributed by atoms with Crippen molar-refractivity contribution in [3.05, 3.63) is 42.0 Å². The molecular weight excluding hydrogens is 620 g/mol. The standard InChI is InChI=1S/C32H48N2O11S/c1-3-4-5-8-11-14-25(35)15-12-9-6-7-10-13-16-26(32(43,31(41)42)22-28(36)37)29(38)33-27(30(39)40)21-23-17-19-24(20-18-23)34-46(2,44)45/h13,16-20,26-27,34,43H,3-12,14-15,21-22H2,1-2H3,(H,33,38)(H,36,37)(H,39,40)(H,41,42)/b16-13+. The molecule has 258 valence electrons. The number of hydrogen-bond donors (Lipinski definition) is 6. The van der Waals surface area contributed by atoms with E-state index in [2.05, 4.69) is 17.0 Å². The van der Waals surface area contributed by atoms with Crippen LogP contribution in [-0.2, 0) is 40.4 Å². The summed E-state index contributed by atoms with van der Waals surface area (Å²) in [4.78, 5) is 60.7. The van der Waals surface area contributed by atoms with Crippen molar-refractivity contribution in [3.63, 3.8) is 0 Å². The van der Waals surface area contributed by atoms with Crippen LogP contribution in [0.1, 0.15) is 96.0 Å². The molecular formula is C32H48N2O11S. The second-order valence-corrected chi connectivity index (χ2v) is 13.3. The van der Waals surface area contributed by atoms with Crippen LogP contribution in [0.25, 0.3) is 0 Å². The summed E-state index contributed by atoms with van der Waals surface area (Å²) in [5.41, 5.74) is -2.44. The first-order chi connectivity index (χ1) is 21.6. The number of benzene rings is 1. The van der Waals surface area contributed by atoms with E-state index in [-0.39, 0.29) is 17.9 Å². The predicted octanol–water partition coefficient (Wildman–Crippen LogP) is 3.90. The number of aliphatic carboxylic acids is 3. The number of unbranched alkanes of at least 4 members (excludes halogenated alkanes) is 8. The van der Waals surface area contributed by atoms with Gasteiger partial charge in [-0.05, 0) is 43.4 Å². The smallest absolute Gasteiger partial charge is 0.337 e. The zero-order valence-electron chi connectivity index (χ0n) is 26.6. The third-order valence-electron chi connectivity index (χ3n) is 7.36. The molecule has 0 heterocycles. The highest BCUT2D eigenvalue weighted by Crippen LogP contribution is 2.26. The minimum atomic E-state index is -3.54. The second-order valence-electron chi connectivity index (χ2n) is 11.5. The number of ketones is 1. The Balaban J connectivity index is 2.86. The Kier molecular flexibility index (Phi) is 17.8. The topological polar surface area (TPSA) is 224 Å². The van der Waals surface area contributed by atoms with E-state index >= 15 is 0 Å². The summed E-state index contributed by atoms with van der Waals surface area (Å²) in [6.07, 6.45) is 11.7. The van der Waals surface area contributed by atoms with E-state index in [0.717, 1.165) is 57.3 Å². The van der Waals surface area contributed by atoms with Crippen molar-refractivity contribution in [1.29, 1.82) is 0 Å². The quantitative estimate of drug-likeness (QED) is 0.0647. The number of sulfonamides is 1. The lowest BCUT2D eigenvalue weighted by molar-refractivity contribution is -0.172. The number of amides is 1. The molecule has 14 heteroatoms. The maximum absolute atomic E-state index is 13.2. The van der Waals surface area contributed by atoms with Gasteiger partial charge in [-0.25, -0.2) is 18.0 Å². The number of anilines is 1. The van der Waals surface area contributed by atoms with Crippen LogP contribution in [0.5, 0.6) is 0 Å². The SMILES string of the molecule is CCCCCCCC(=O)CCCCCC/C=C/C(C(=O)NC(Cc1ccc(NS(C)(=O)=O)cc1)C(=O)O)C(O)(CC(=O)O)C(=O)O. The molecule has 3 unspecified atom stereocenters. The Morgan fingerprint density at radius 2 is 1.43 bits per heavy atom. The molecule has 0 aliphatic rings. The number of nitrogens with one attached hydrogen (secondary N) is 2. The first-order valence-corrected chi connectivity index (χ1v) is 17.4. The number of aliphatic hydroxyl groups is 1. The number of carboxylic acids is 3. The van der Waals surface area contributed by atoms with Crippen molar-refractivity contribution in [2.75, 3.05) is 11.0 Å². The van der Waals surface area contributed by atoms with Gasteiger partial charge >= 0.3 is 17.9 Å². The molecule has 0 saturated heterocycles. The van der Waals surface area contributed by atoms with Crippen molar-refractivity contribution < 1.29 is 52.8 Å². The molecule has 1 aromatic rings. The lowest BCUT2D eigenvalue weighted by Gasteiger charge is -2.29. The summed E-state index contributed by atoms with van der Waals surface area (Å²) in [5.74, 6) is -7.99. The average Bonchev–Trinajstić information content (AvgIpc) is 2.95. The number of carboxylic acid groups (broad SMARTS) is 3. The van der Waals surface area contributed by atoms with Gasteiger partial charge in [0.25, 0.3) is 0 Å². The minimum Gasteiger partial charge on any atom is -0.481 e. The molecule has 0 spiro atoms. The van der Waals surface area contributed by atoms with Crippen LogP contribution < -0.4 is 10.0 Å². The molecule has 0 fully saturated rings. The van der Waals surface area contributed by atoms with Gasteiger partial charge in [0, 0.05) is 24.9 Å². The monoisotopic (exact) mass is 668 g/mol. The second kappa shape index (κ2) is 20.4. The molecule has 0 bridgehead atoms. The molecule has 0 aromatic heterocycles. The normalized spacial score (nSPS) is 14.2. The van der Waals surface area contributed by atoms with Crippen molar-refractivity contribution >= 4 is 45.3 Å². The summed E-state index contributed by atoms with van der Waals surface area (Å²) >= 11 is 0. The van der Waals surface area contributed by atoms with Gasteiger partial charge in [0.2, 0.25) is 15.9 Å². The molecule has 0 radical (unpaired) electrons. The van der Waals surface area contributed by atoms with Crippen LogP contribution in [-0.4, -0.2) is 76.3 Å². The van der Waals surface area contributed by atoms with Gasteiger partial charge in [-0.15, -0.1) is 0 Å². The van der Waals surface area contributed by atoms with Crippen LogP contribution in [0.3, 0.4) is 0 Å². The van der Waals surface area contributed by atoms with Crippen molar-refractivity contribution in [2.45, 2.75) is 108 Å². The fourth-order valence-corrected chi connectivity index (χ4v) is 5.42. The average molecular weight is 669 g/mol. The predicted molar refractivity (Wildman–Crippen MR) is 172 cm³/mol. The number of carbonyl (C=O) groups excluding carboxylic acids is 2. The Morgan fingerprint density at radius 1 is 0.870 bits per heavy atom. The van der Waals surface area contributed by atoms with Gasteiger partial charge in [-0.2, -0.15) is 0 Å². The van der Waals surface area contributed by atoms with E-state index < -0.39 is 57.8 Å². The number of carbonyl (C=O) groups is 5. The van der Waals surface area contributed by atoms with Gasteiger partial charge < -0.3 is 25.7 Å². The van der Waals surface area contributed by atoms with E-state index in [1.165, 1.54) is 36.8 Å². The zero-order valence-corrected chi connectivity index (χ0v) is 27.4. The molecule has 1 aromatic carbocycles. The van der Waals surface area contributed by atoms with Crippen LogP contribution >= 0.6 is 0 Å². The van der Waals surface area contributed by atoms with E-state index in [9.17, 15) is 52.8 Å². The Morgan fingerprint density at radius 3 is 1.93 bits per heavy atom. The lowest BCUT2D eigenvalue weighted by Crippen LogP contribution is -2.55. The van der Waals surface area contributed by atoms with Gasteiger partial charge in [0.05, 0.1) is 18.6 Å². The van der Waals surface area contributed by atoms with Gasteiger partial charge in [0.15, 0.2) is 5.60 Å². The van der Waals surface area contributed by atoms with Gasteiger partial charge in [-0.1, -0.05) is 69.7 Å². The first-order valence-electron chi connectivity index (χ1n) is 15.5. The Bertz CT molecular complexity index is 1300. The molecule has 46 heavy (non-hydrogen) atoms. The van der Waals surface area contributed by atoms with E-state index in [1.807, 2.05) is 0 Å². The highest BCUT2D eigenvalue weighted by molar-refractivity contribution is 7.92. The third kappa shape index (κ3) is 16.0. The van der Waals surface area contributed by atoms with Crippen molar-refractivity contribution in [3.8, 4) is 0 Å². The van der Waals surface area contributed by atoms with Crippen LogP contribution in [0, 0.1) is 5.92 Å². The Hall–Kier alpha value is -3.78. The molecule has 1 amide bonds. The fraction of sp³-hybridized carbons (Fsp3) is 0.594.